The Hall–Kier alpha value is -1.16. The molecular weight excluding hydrogens is 268 g/mol. The molecule has 1 amide bonds. The third kappa shape index (κ3) is 8.00. The first-order chi connectivity index (χ1) is 10.0. The second-order valence-electron chi connectivity index (χ2n) is 6.05. The van der Waals surface area contributed by atoms with Gasteiger partial charge < -0.3 is 15.3 Å². The molecule has 1 aliphatic rings. The maximum absolute atomic E-state index is 11.6. The van der Waals surface area contributed by atoms with Gasteiger partial charge >= 0.3 is 0 Å². The van der Waals surface area contributed by atoms with E-state index in [1.54, 1.807) is 0 Å². The summed E-state index contributed by atoms with van der Waals surface area (Å²) in [7, 11) is 1.96. The van der Waals surface area contributed by atoms with E-state index in [0.717, 1.165) is 39.0 Å². The van der Waals surface area contributed by atoms with E-state index in [-0.39, 0.29) is 12.0 Å². The van der Waals surface area contributed by atoms with Crippen LogP contribution in [0.25, 0.3) is 0 Å². The predicted octanol–water partition coefficient (Wildman–Crippen LogP) is 0.0409. The number of β-amino-alcohol motifs (C(OH)–C–C–N with tert-alkyl or cyclic N) is 1. The topological polar surface area (TPSA) is 79.6 Å². The van der Waals surface area contributed by atoms with Crippen molar-refractivity contribution in [2.45, 2.75) is 32.3 Å². The van der Waals surface area contributed by atoms with Crippen LogP contribution in [0.15, 0.2) is 0 Å². The van der Waals surface area contributed by atoms with Crippen LogP contribution >= 0.6 is 0 Å². The number of aliphatic hydroxyl groups is 1. The van der Waals surface area contributed by atoms with Gasteiger partial charge in [0, 0.05) is 19.6 Å². The maximum atomic E-state index is 11.6. The van der Waals surface area contributed by atoms with Crippen molar-refractivity contribution in [3.05, 3.63) is 0 Å². The summed E-state index contributed by atoms with van der Waals surface area (Å²) in [6, 6.07) is 2.01. The van der Waals surface area contributed by atoms with Crippen LogP contribution in [0.5, 0.6) is 0 Å². The fourth-order valence-corrected chi connectivity index (χ4v) is 2.79. The molecule has 6 nitrogen and oxygen atoms in total. The van der Waals surface area contributed by atoms with Crippen molar-refractivity contribution in [3.63, 3.8) is 0 Å². The summed E-state index contributed by atoms with van der Waals surface area (Å²) >= 11 is 0. The molecule has 1 fully saturated rings. The lowest BCUT2D eigenvalue weighted by atomic mass is 9.96. The monoisotopic (exact) mass is 296 g/mol. The number of amides is 1. The number of nitriles is 1. The molecule has 1 aliphatic heterocycles. The number of aliphatic hydroxyl groups excluding tert-OH is 1. The Kier molecular flexibility index (Phi) is 8.28. The van der Waals surface area contributed by atoms with E-state index in [9.17, 15) is 9.90 Å². The number of likely N-dealkylation sites (tertiary alicyclic amines) is 1. The van der Waals surface area contributed by atoms with Crippen LogP contribution in [0.2, 0.25) is 0 Å². The molecule has 0 unspecified atom stereocenters. The molecule has 0 aromatic heterocycles. The Morgan fingerprint density at radius 3 is 2.76 bits per heavy atom. The van der Waals surface area contributed by atoms with Crippen molar-refractivity contribution in [1.82, 2.24) is 15.1 Å². The van der Waals surface area contributed by atoms with Crippen LogP contribution in [0, 0.1) is 17.2 Å². The number of carbonyl (C=O) groups excluding carboxylic acids is 1. The first-order valence-corrected chi connectivity index (χ1v) is 7.74. The first-order valence-electron chi connectivity index (χ1n) is 7.74. The van der Waals surface area contributed by atoms with E-state index >= 15 is 0 Å². The SMILES string of the molecule is C[C@@H](O)CN1CCC(CN(C)CC(=O)NCCC#N)CC1. The summed E-state index contributed by atoms with van der Waals surface area (Å²) in [5.74, 6) is 0.603. The van der Waals surface area contributed by atoms with Gasteiger partial charge in [0.25, 0.3) is 0 Å². The Balaban J connectivity index is 2.17. The number of piperidine rings is 1. The van der Waals surface area contributed by atoms with Gasteiger partial charge in [-0.25, -0.2) is 0 Å². The highest BCUT2D eigenvalue weighted by molar-refractivity contribution is 5.77. The highest BCUT2D eigenvalue weighted by Crippen LogP contribution is 2.18. The predicted molar refractivity (Wildman–Crippen MR) is 81.6 cm³/mol. The van der Waals surface area contributed by atoms with E-state index in [1.807, 2.05) is 20.0 Å². The molecule has 2 N–H and O–H groups in total. The molecule has 1 rings (SSSR count). The van der Waals surface area contributed by atoms with E-state index in [2.05, 4.69) is 15.1 Å². The van der Waals surface area contributed by atoms with Crippen molar-refractivity contribution in [2.75, 3.05) is 46.3 Å². The molecule has 21 heavy (non-hydrogen) atoms. The third-order valence-corrected chi connectivity index (χ3v) is 3.77. The Morgan fingerprint density at radius 2 is 2.19 bits per heavy atom. The summed E-state index contributed by atoms with van der Waals surface area (Å²) in [6.45, 7) is 6.37. The molecular formula is C15H28N4O2. The number of carbonyl (C=O) groups is 1. The van der Waals surface area contributed by atoms with Crippen LogP contribution in [-0.4, -0.2) is 73.2 Å². The van der Waals surface area contributed by atoms with Crippen LogP contribution in [-0.2, 0) is 4.79 Å². The van der Waals surface area contributed by atoms with Gasteiger partial charge in [0.2, 0.25) is 5.91 Å². The minimum Gasteiger partial charge on any atom is -0.392 e. The Morgan fingerprint density at radius 1 is 1.52 bits per heavy atom. The zero-order chi connectivity index (χ0) is 15.7. The largest absolute Gasteiger partial charge is 0.392 e. The minimum atomic E-state index is -0.263. The van der Waals surface area contributed by atoms with E-state index < -0.39 is 0 Å². The normalized spacial score (nSPS) is 18.4. The van der Waals surface area contributed by atoms with Gasteiger partial charge in [0.1, 0.15) is 0 Å². The van der Waals surface area contributed by atoms with Gasteiger partial charge in [0.15, 0.2) is 0 Å². The first kappa shape index (κ1) is 17.9. The molecule has 1 heterocycles. The number of likely N-dealkylation sites (N-methyl/N-ethyl adjacent to an activating group) is 1. The van der Waals surface area contributed by atoms with Crippen molar-refractivity contribution in [1.29, 1.82) is 5.26 Å². The molecule has 120 valence electrons. The van der Waals surface area contributed by atoms with Gasteiger partial charge in [0.05, 0.1) is 25.1 Å². The standard InChI is InChI=1S/C15H28N4O2/c1-13(20)10-19-8-4-14(5-9-19)11-18(2)12-15(21)17-7-3-6-16/h13-14,20H,3-5,7-12H2,1-2H3,(H,17,21)/t13-/m1/s1. The molecule has 0 aromatic carbocycles. The molecule has 1 atom stereocenters. The van der Waals surface area contributed by atoms with E-state index in [1.165, 1.54) is 0 Å². The Bertz CT molecular complexity index is 346. The molecule has 0 bridgehead atoms. The zero-order valence-corrected chi connectivity index (χ0v) is 13.2. The third-order valence-electron chi connectivity index (χ3n) is 3.77. The number of hydrogen-bond acceptors (Lipinski definition) is 5. The highest BCUT2D eigenvalue weighted by atomic mass is 16.3. The number of hydrogen-bond donors (Lipinski definition) is 2. The fourth-order valence-electron chi connectivity index (χ4n) is 2.79. The van der Waals surface area contributed by atoms with Gasteiger partial charge in [-0.15, -0.1) is 0 Å². The van der Waals surface area contributed by atoms with Crippen LogP contribution in [0.4, 0.5) is 0 Å². The molecule has 0 radical (unpaired) electrons. The maximum Gasteiger partial charge on any atom is 0.234 e. The summed E-state index contributed by atoms with van der Waals surface area (Å²) in [5, 5.41) is 20.6. The minimum absolute atomic E-state index is 0.0145. The number of rotatable bonds is 8. The lowest BCUT2D eigenvalue weighted by Gasteiger charge is -2.34. The lowest BCUT2D eigenvalue weighted by Crippen LogP contribution is -2.42. The molecule has 0 saturated carbocycles. The number of nitrogens with one attached hydrogen (secondary N) is 1. The second kappa shape index (κ2) is 9.72. The number of nitrogens with zero attached hydrogens (tertiary/aromatic N) is 3. The lowest BCUT2D eigenvalue weighted by molar-refractivity contribution is -0.122. The Labute approximate surface area is 127 Å². The van der Waals surface area contributed by atoms with Gasteiger partial charge in [-0.05, 0) is 45.8 Å². The van der Waals surface area contributed by atoms with Crippen LogP contribution < -0.4 is 5.32 Å². The van der Waals surface area contributed by atoms with Crippen LogP contribution in [0.1, 0.15) is 26.2 Å². The zero-order valence-electron chi connectivity index (χ0n) is 13.2. The van der Waals surface area contributed by atoms with Gasteiger partial charge in [-0.2, -0.15) is 5.26 Å². The summed E-state index contributed by atoms with van der Waals surface area (Å²) < 4.78 is 0. The van der Waals surface area contributed by atoms with Gasteiger partial charge in [-0.1, -0.05) is 0 Å². The second-order valence-corrected chi connectivity index (χ2v) is 6.05. The molecule has 0 spiro atoms. The smallest absolute Gasteiger partial charge is 0.234 e. The van der Waals surface area contributed by atoms with Crippen molar-refractivity contribution in [2.24, 2.45) is 5.92 Å². The average molecular weight is 296 g/mol. The molecule has 1 saturated heterocycles. The molecule has 6 heteroatoms. The van der Waals surface area contributed by atoms with Gasteiger partial charge in [-0.3, -0.25) is 9.69 Å². The molecule has 0 aliphatic carbocycles. The fraction of sp³-hybridized carbons (Fsp3) is 0.867. The quantitative estimate of drug-likeness (QED) is 0.618. The van der Waals surface area contributed by atoms with Crippen molar-refractivity contribution in [3.8, 4) is 6.07 Å². The van der Waals surface area contributed by atoms with Crippen LogP contribution in [0.3, 0.4) is 0 Å². The average Bonchev–Trinajstić information content (AvgIpc) is 2.40. The summed E-state index contributed by atoms with van der Waals surface area (Å²) in [4.78, 5) is 16.0. The van der Waals surface area contributed by atoms with Crippen molar-refractivity contribution >= 4 is 5.91 Å². The van der Waals surface area contributed by atoms with E-state index in [0.29, 0.717) is 25.4 Å². The highest BCUT2D eigenvalue weighted by Gasteiger charge is 2.21. The van der Waals surface area contributed by atoms with Crippen molar-refractivity contribution < 1.29 is 9.90 Å². The summed E-state index contributed by atoms with van der Waals surface area (Å²) in [5.41, 5.74) is 0. The molecule has 0 aromatic rings. The summed E-state index contributed by atoms with van der Waals surface area (Å²) in [6.07, 6.45) is 2.33. The van der Waals surface area contributed by atoms with E-state index in [4.69, 9.17) is 5.26 Å².